The van der Waals surface area contributed by atoms with E-state index in [4.69, 9.17) is 4.74 Å². The van der Waals surface area contributed by atoms with Gasteiger partial charge in [0.1, 0.15) is 16.9 Å². The highest BCUT2D eigenvalue weighted by atomic mass is 16.5. The lowest BCUT2D eigenvalue weighted by molar-refractivity contribution is -0.162. The second-order valence-electron chi connectivity index (χ2n) is 5.98. The van der Waals surface area contributed by atoms with Crippen molar-refractivity contribution in [2.24, 2.45) is 5.41 Å². The van der Waals surface area contributed by atoms with E-state index in [9.17, 15) is 30.0 Å². The van der Waals surface area contributed by atoms with Crippen LogP contribution in [0.4, 0.5) is 0 Å². The van der Waals surface area contributed by atoms with Crippen LogP contribution in [0.2, 0.25) is 0 Å². The van der Waals surface area contributed by atoms with Crippen LogP contribution in [0, 0.1) is 5.41 Å². The van der Waals surface area contributed by atoms with Crippen LogP contribution in [-0.4, -0.2) is 51.5 Å². The lowest BCUT2D eigenvalue weighted by Crippen LogP contribution is -2.51. The minimum absolute atomic E-state index is 0.0202. The molecule has 0 radical (unpaired) electrons. The van der Waals surface area contributed by atoms with Crippen LogP contribution >= 0.6 is 0 Å². The maximum Gasteiger partial charge on any atom is 0.315 e. The monoisotopic (exact) mass is 336 g/mol. The minimum atomic E-state index is -1.60. The first-order chi connectivity index (χ1) is 11.2. The fraction of sp³-hybridized carbons (Fsp3) is 0.412. The Morgan fingerprint density at radius 1 is 1.33 bits per heavy atom. The van der Waals surface area contributed by atoms with E-state index in [1.807, 2.05) is 0 Å². The molecule has 0 bridgehead atoms. The van der Waals surface area contributed by atoms with E-state index in [1.54, 1.807) is 0 Å². The van der Waals surface area contributed by atoms with Crippen LogP contribution in [0.25, 0.3) is 0 Å². The number of carbonyl (C=O) groups excluding carboxylic acids is 2. The zero-order valence-corrected chi connectivity index (χ0v) is 13.2. The van der Waals surface area contributed by atoms with E-state index >= 15 is 0 Å². The SMILES string of the molecule is C=C1[C@H](O)CC[C@](CC(=O)c2cc(O)ccc2O)(C(=O)OC)[C@@H]1O. The highest BCUT2D eigenvalue weighted by molar-refractivity contribution is 6.01. The van der Waals surface area contributed by atoms with Gasteiger partial charge < -0.3 is 25.2 Å². The molecular weight excluding hydrogens is 316 g/mol. The van der Waals surface area contributed by atoms with Gasteiger partial charge in [-0.15, -0.1) is 0 Å². The van der Waals surface area contributed by atoms with E-state index in [1.165, 1.54) is 6.07 Å². The first-order valence-electron chi connectivity index (χ1n) is 7.41. The molecule has 7 nitrogen and oxygen atoms in total. The molecule has 0 aromatic heterocycles. The summed E-state index contributed by atoms with van der Waals surface area (Å²) >= 11 is 0. The van der Waals surface area contributed by atoms with E-state index in [-0.39, 0.29) is 35.5 Å². The summed E-state index contributed by atoms with van der Waals surface area (Å²) in [6.45, 7) is 3.59. The Morgan fingerprint density at radius 3 is 2.62 bits per heavy atom. The third-order valence-electron chi connectivity index (χ3n) is 4.52. The van der Waals surface area contributed by atoms with E-state index < -0.39 is 35.8 Å². The van der Waals surface area contributed by atoms with Gasteiger partial charge in [-0.05, 0) is 36.6 Å². The lowest BCUT2D eigenvalue weighted by atomic mass is 9.66. The average molecular weight is 336 g/mol. The summed E-state index contributed by atoms with van der Waals surface area (Å²) in [6.07, 6.45) is -2.72. The molecule has 4 N–H and O–H groups in total. The third-order valence-corrected chi connectivity index (χ3v) is 4.52. The number of methoxy groups -OCH3 is 1. The molecule has 24 heavy (non-hydrogen) atoms. The van der Waals surface area contributed by atoms with Gasteiger partial charge in [0.2, 0.25) is 0 Å². The predicted molar refractivity (Wildman–Crippen MR) is 83.6 cm³/mol. The van der Waals surface area contributed by atoms with Gasteiger partial charge in [0.05, 0.1) is 24.9 Å². The van der Waals surface area contributed by atoms with Crippen molar-refractivity contribution < 1.29 is 34.8 Å². The molecule has 0 unspecified atom stereocenters. The smallest absolute Gasteiger partial charge is 0.315 e. The predicted octanol–water partition coefficient (Wildman–Crippen LogP) is 0.902. The number of hydrogen-bond donors (Lipinski definition) is 4. The molecular formula is C17H20O7. The number of aliphatic hydroxyl groups excluding tert-OH is 2. The maximum absolute atomic E-state index is 12.6. The number of carbonyl (C=O) groups is 2. The van der Waals surface area contributed by atoms with Crippen LogP contribution in [0.3, 0.4) is 0 Å². The standard InChI is InChI=1S/C17H20O7/c1-9-12(19)5-6-17(15(9)22,16(23)24-2)8-14(21)11-7-10(18)3-4-13(11)20/h3-4,7,12,15,18-20,22H,1,5-6,8H2,2H3/t12-,15-,17-/m1/s1. The second-order valence-corrected chi connectivity index (χ2v) is 5.98. The van der Waals surface area contributed by atoms with Crippen molar-refractivity contribution in [3.05, 3.63) is 35.9 Å². The molecule has 3 atom stereocenters. The molecule has 1 aliphatic carbocycles. The molecule has 0 amide bonds. The van der Waals surface area contributed by atoms with Crippen molar-refractivity contribution in [1.82, 2.24) is 0 Å². The van der Waals surface area contributed by atoms with Crippen molar-refractivity contribution >= 4 is 11.8 Å². The summed E-state index contributed by atoms with van der Waals surface area (Å²) < 4.78 is 4.75. The zero-order chi connectivity index (χ0) is 18.1. The van der Waals surface area contributed by atoms with Crippen LogP contribution in [0.5, 0.6) is 11.5 Å². The molecule has 130 valence electrons. The van der Waals surface area contributed by atoms with Crippen LogP contribution in [-0.2, 0) is 9.53 Å². The number of rotatable bonds is 4. The van der Waals surface area contributed by atoms with Gasteiger partial charge in [-0.3, -0.25) is 9.59 Å². The number of aliphatic hydroxyl groups is 2. The summed E-state index contributed by atoms with van der Waals surface area (Å²) in [4.78, 5) is 24.9. The summed E-state index contributed by atoms with van der Waals surface area (Å²) in [5.74, 6) is -2.00. The molecule has 1 saturated carbocycles. The Kier molecular flexibility index (Phi) is 4.96. The topological polar surface area (TPSA) is 124 Å². The van der Waals surface area contributed by atoms with Gasteiger partial charge in [0.25, 0.3) is 0 Å². The Balaban J connectivity index is 2.40. The van der Waals surface area contributed by atoms with Crippen molar-refractivity contribution in [2.75, 3.05) is 7.11 Å². The van der Waals surface area contributed by atoms with Gasteiger partial charge in [0, 0.05) is 6.42 Å². The van der Waals surface area contributed by atoms with Gasteiger partial charge in [-0.2, -0.15) is 0 Å². The van der Waals surface area contributed by atoms with Crippen LogP contribution in [0.1, 0.15) is 29.6 Å². The molecule has 1 fully saturated rings. The number of ketones is 1. The van der Waals surface area contributed by atoms with E-state index in [0.717, 1.165) is 19.2 Å². The molecule has 0 aliphatic heterocycles. The summed E-state index contributed by atoms with van der Waals surface area (Å²) in [5.41, 5.74) is -1.72. The number of benzene rings is 1. The highest BCUT2D eigenvalue weighted by Crippen LogP contribution is 2.44. The summed E-state index contributed by atoms with van der Waals surface area (Å²) in [5, 5.41) is 39.5. The highest BCUT2D eigenvalue weighted by Gasteiger charge is 2.52. The molecule has 2 rings (SSSR count). The third kappa shape index (κ3) is 3.00. The Bertz CT molecular complexity index is 682. The average Bonchev–Trinajstić information content (AvgIpc) is 2.56. The van der Waals surface area contributed by atoms with E-state index in [0.29, 0.717) is 0 Å². The molecule has 0 saturated heterocycles. The van der Waals surface area contributed by atoms with Crippen molar-refractivity contribution in [2.45, 2.75) is 31.5 Å². The van der Waals surface area contributed by atoms with Crippen LogP contribution in [0.15, 0.2) is 30.4 Å². The molecule has 0 spiro atoms. The quantitative estimate of drug-likeness (QED) is 0.279. The zero-order valence-electron chi connectivity index (χ0n) is 13.2. The lowest BCUT2D eigenvalue weighted by Gasteiger charge is -2.41. The first-order valence-corrected chi connectivity index (χ1v) is 7.41. The number of esters is 1. The molecule has 1 aromatic carbocycles. The largest absolute Gasteiger partial charge is 0.508 e. The number of ether oxygens (including phenoxy) is 1. The minimum Gasteiger partial charge on any atom is -0.508 e. The van der Waals surface area contributed by atoms with Crippen molar-refractivity contribution in [3.63, 3.8) is 0 Å². The van der Waals surface area contributed by atoms with Gasteiger partial charge in [-0.1, -0.05) is 6.58 Å². The van der Waals surface area contributed by atoms with Crippen molar-refractivity contribution in [1.29, 1.82) is 0 Å². The second kappa shape index (κ2) is 6.62. The normalized spacial score (nSPS) is 26.9. The Morgan fingerprint density at radius 2 is 2.00 bits per heavy atom. The fourth-order valence-corrected chi connectivity index (χ4v) is 3.06. The van der Waals surface area contributed by atoms with E-state index in [2.05, 4.69) is 6.58 Å². The number of aromatic hydroxyl groups is 2. The first kappa shape index (κ1) is 18.0. The Labute approximate surface area is 138 Å². The molecule has 1 aliphatic rings. The van der Waals surface area contributed by atoms with Crippen LogP contribution < -0.4 is 0 Å². The van der Waals surface area contributed by atoms with Gasteiger partial charge in [0.15, 0.2) is 5.78 Å². The molecule has 0 heterocycles. The molecule has 1 aromatic rings. The van der Waals surface area contributed by atoms with Gasteiger partial charge >= 0.3 is 5.97 Å². The van der Waals surface area contributed by atoms with Gasteiger partial charge in [-0.25, -0.2) is 0 Å². The number of Topliss-reactive ketones (excluding diaryl/α,β-unsaturated/α-hetero) is 1. The molecule has 7 heteroatoms. The number of phenols is 2. The maximum atomic E-state index is 12.6. The summed E-state index contributed by atoms with van der Waals surface area (Å²) in [7, 11) is 1.14. The number of hydrogen-bond acceptors (Lipinski definition) is 7. The fourth-order valence-electron chi connectivity index (χ4n) is 3.06. The summed E-state index contributed by atoms with van der Waals surface area (Å²) in [6, 6.07) is 3.46. The Hall–Kier alpha value is -2.38. The van der Waals surface area contributed by atoms with Crippen molar-refractivity contribution in [3.8, 4) is 11.5 Å². The number of phenolic OH excluding ortho intramolecular Hbond substituents is 2.